The fraction of sp³-hybridized carbons (Fsp3) is 0.200. The number of hydrogen-bond acceptors (Lipinski definition) is 4. The molecule has 4 nitrogen and oxygen atoms in total. The Morgan fingerprint density at radius 3 is 1.09 bits per heavy atom. The molecule has 0 aliphatic heterocycles. The van der Waals surface area contributed by atoms with Gasteiger partial charge in [-0.25, -0.2) is 0 Å². The molecule has 0 amide bonds. The second-order valence-electron chi connectivity index (χ2n) is 7.87. The Bertz CT molecular complexity index is 1020. The van der Waals surface area contributed by atoms with Crippen LogP contribution in [0.1, 0.15) is 34.5 Å². The molecule has 4 heteroatoms. The van der Waals surface area contributed by atoms with E-state index in [0.717, 1.165) is 33.8 Å². The van der Waals surface area contributed by atoms with Crippen LogP contribution in [0.5, 0.6) is 11.5 Å². The van der Waals surface area contributed by atoms with Gasteiger partial charge in [-0.2, -0.15) is 0 Å². The van der Waals surface area contributed by atoms with Gasteiger partial charge < -0.3 is 18.9 Å². The third-order valence-corrected chi connectivity index (χ3v) is 5.69. The van der Waals surface area contributed by atoms with E-state index in [4.69, 9.17) is 18.9 Å². The average molecular weight is 455 g/mol. The highest BCUT2D eigenvalue weighted by atomic mass is 16.5. The Morgan fingerprint density at radius 1 is 0.441 bits per heavy atom. The van der Waals surface area contributed by atoms with Crippen LogP contribution in [0, 0.1) is 0 Å². The summed E-state index contributed by atoms with van der Waals surface area (Å²) < 4.78 is 23.3. The first kappa shape index (κ1) is 23.6. The van der Waals surface area contributed by atoms with Gasteiger partial charge in [-0.3, -0.25) is 0 Å². The summed E-state index contributed by atoms with van der Waals surface area (Å²) in [5, 5.41) is 0. The molecular formula is C30H30O4. The van der Waals surface area contributed by atoms with E-state index in [9.17, 15) is 0 Å². The van der Waals surface area contributed by atoms with E-state index in [1.54, 1.807) is 14.2 Å². The third-order valence-electron chi connectivity index (χ3n) is 5.69. The Hall–Kier alpha value is -3.60. The number of methoxy groups -OCH3 is 2. The molecule has 0 aliphatic carbocycles. The van der Waals surface area contributed by atoms with Gasteiger partial charge in [0.15, 0.2) is 0 Å². The summed E-state index contributed by atoms with van der Waals surface area (Å²) in [5.74, 6) is 1.65. The summed E-state index contributed by atoms with van der Waals surface area (Å²) in [7, 11) is 3.34. The molecule has 0 bridgehead atoms. The van der Waals surface area contributed by atoms with Crippen LogP contribution in [-0.4, -0.2) is 27.4 Å². The SMILES string of the molecule is COc1ccc(C(OCCOC(c2ccccc2)c2ccc(OC)cc2)c2ccccc2)cc1. The van der Waals surface area contributed by atoms with Gasteiger partial charge in [0.25, 0.3) is 0 Å². The normalized spacial score (nSPS) is 12.6. The lowest BCUT2D eigenvalue weighted by Gasteiger charge is -2.22. The van der Waals surface area contributed by atoms with Crippen molar-refractivity contribution in [3.63, 3.8) is 0 Å². The summed E-state index contributed by atoms with van der Waals surface area (Å²) in [6.07, 6.45) is -0.376. The van der Waals surface area contributed by atoms with Gasteiger partial charge in [0.1, 0.15) is 23.7 Å². The molecule has 0 saturated heterocycles. The lowest BCUT2D eigenvalue weighted by Crippen LogP contribution is -2.14. The summed E-state index contributed by atoms with van der Waals surface area (Å²) in [6, 6.07) is 36.5. The highest BCUT2D eigenvalue weighted by molar-refractivity contribution is 5.35. The Labute approximate surface area is 201 Å². The first-order chi connectivity index (χ1) is 16.8. The molecule has 0 radical (unpaired) electrons. The van der Waals surface area contributed by atoms with E-state index < -0.39 is 0 Å². The van der Waals surface area contributed by atoms with Gasteiger partial charge in [0, 0.05) is 0 Å². The minimum atomic E-state index is -0.188. The van der Waals surface area contributed by atoms with Crippen LogP contribution in [0.3, 0.4) is 0 Å². The maximum absolute atomic E-state index is 6.36. The zero-order chi connectivity index (χ0) is 23.6. The fourth-order valence-electron chi connectivity index (χ4n) is 3.91. The number of hydrogen-bond donors (Lipinski definition) is 0. The predicted octanol–water partition coefficient (Wildman–Crippen LogP) is 6.62. The van der Waals surface area contributed by atoms with Crippen molar-refractivity contribution >= 4 is 0 Å². The van der Waals surface area contributed by atoms with Gasteiger partial charge in [-0.05, 0) is 46.5 Å². The summed E-state index contributed by atoms with van der Waals surface area (Å²) >= 11 is 0. The third kappa shape index (κ3) is 6.04. The smallest absolute Gasteiger partial charge is 0.118 e. The minimum absolute atomic E-state index is 0.188. The van der Waals surface area contributed by atoms with Crippen molar-refractivity contribution in [3.8, 4) is 11.5 Å². The first-order valence-corrected chi connectivity index (χ1v) is 11.4. The standard InChI is InChI=1S/C30H30O4/c1-31-27-17-13-25(14-18-27)29(23-9-5-3-6-10-23)33-21-22-34-30(24-11-7-4-8-12-24)26-15-19-28(32-2)20-16-26/h3-20,29-30H,21-22H2,1-2H3. The predicted molar refractivity (Wildman–Crippen MR) is 134 cm³/mol. The number of benzene rings is 4. The van der Waals surface area contributed by atoms with E-state index in [0.29, 0.717) is 13.2 Å². The molecule has 0 N–H and O–H groups in total. The lowest BCUT2D eigenvalue weighted by atomic mass is 10.0. The molecule has 0 aromatic heterocycles. The quantitative estimate of drug-likeness (QED) is 0.239. The van der Waals surface area contributed by atoms with Crippen LogP contribution in [0.25, 0.3) is 0 Å². The molecule has 0 aliphatic rings. The highest BCUT2D eigenvalue weighted by Gasteiger charge is 2.17. The van der Waals surface area contributed by atoms with Crippen LogP contribution < -0.4 is 9.47 Å². The molecule has 34 heavy (non-hydrogen) atoms. The summed E-state index contributed by atoms with van der Waals surface area (Å²) in [6.45, 7) is 0.899. The van der Waals surface area contributed by atoms with Gasteiger partial charge in [0.05, 0.1) is 27.4 Å². The van der Waals surface area contributed by atoms with Crippen molar-refractivity contribution in [2.24, 2.45) is 0 Å². The molecular weight excluding hydrogens is 424 g/mol. The molecule has 2 atom stereocenters. The molecule has 0 fully saturated rings. The molecule has 0 saturated carbocycles. The van der Waals surface area contributed by atoms with E-state index in [2.05, 4.69) is 24.3 Å². The lowest BCUT2D eigenvalue weighted by molar-refractivity contribution is -0.000924. The van der Waals surface area contributed by atoms with Gasteiger partial charge in [-0.15, -0.1) is 0 Å². The van der Waals surface area contributed by atoms with Crippen molar-refractivity contribution in [1.82, 2.24) is 0 Å². The zero-order valence-corrected chi connectivity index (χ0v) is 19.6. The molecule has 0 heterocycles. The van der Waals surface area contributed by atoms with Gasteiger partial charge in [-0.1, -0.05) is 84.9 Å². The zero-order valence-electron chi connectivity index (χ0n) is 19.6. The Morgan fingerprint density at radius 2 is 0.765 bits per heavy atom. The molecule has 0 spiro atoms. The molecule has 4 rings (SSSR count). The molecule has 174 valence electrons. The van der Waals surface area contributed by atoms with Crippen molar-refractivity contribution in [3.05, 3.63) is 131 Å². The number of ether oxygens (including phenoxy) is 4. The maximum Gasteiger partial charge on any atom is 0.118 e. The summed E-state index contributed by atoms with van der Waals surface area (Å²) in [5.41, 5.74) is 4.34. The first-order valence-electron chi connectivity index (χ1n) is 11.4. The van der Waals surface area contributed by atoms with E-state index >= 15 is 0 Å². The molecule has 4 aromatic carbocycles. The van der Waals surface area contributed by atoms with Crippen molar-refractivity contribution in [2.45, 2.75) is 12.2 Å². The van der Waals surface area contributed by atoms with Gasteiger partial charge >= 0.3 is 0 Å². The molecule has 4 aromatic rings. The van der Waals surface area contributed by atoms with Crippen LogP contribution in [0.15, 0.2) is 109 Å². The average Bonchev–Trinajstić information content (AvgIpc) is 2.92. The van der Waals surface area contributed by atoms with E-state index in [-0.39, 0.29) is 12.2 Å². The van der Waals surface area contributed by atoms with Crippen molar-refractivity contribution in [1.29, 1.82) is 0 Å². The van der Waals surface area contributed by atoms with E-state index in [1.807, 2.05) is 84.9 Å². The fourth-order valence-corrected chi connectivity index (χ4v) is 3.91. The van der Waals surface area contributed by atoms with Crippen LogP contribution in [0.2, 0.25) is 0 Å². The molecule has 2 unspecified atom stereocenters. The van der Waals surface area contributed by atoms with E-state index in [1.165, 1.54) is 0 Å². The maximum atomic E-state index is 6.36. The minimum Gasteiger partial charge on any atom is -0.497 e. The van der Waals surface area contributed by atoms with Crippen molar-refractivity contribution in [2.75, 3.05) is 27.4 Å². The van der Waals surface area contributed by atoms with Crippen molar-refractivity contribution < 1.29 is 18.9 Å². The Kier molecular flexibility index (Phi) is 8.33. The monoisotopic (exact) mass is 454 g/mol. The Balaban J connectivity index is 1.46. The van der Waals surface area contributed by atoms with Crippen LogP contribution in [-0.2, 0) is 9.47 Å². The van der Waals surface area contributed by atoms with Gasteiger partial charge in [0.2, 0.25) is 0 Å². The summed E-state index contributed by atoms with van der Waals surface area (Å²) in [4.78, 5) is 0. The van der Waals surface area contributed by atoms with Crippen LogP contribution in [0.4, 0.5) is 0 Å². The second kappa shape index (κ2) is 12.0. The number of rotatable bonds is 11. The second-order valence-corrected chi connectivity index (χ2v) is 7.87. The highest BCUT2D eigenvalue weighted by Crippen LogP contribution is 2.29. The topological polar surface area (TPSA) is 36.9 Å². The largest absolute Gasteiger partial charge is 0.497 e. The van der Waals surface area contributed by atoms with Crippen LogP contribution >= 0.6 is 0 Å².